The van der Waals surface area contributed by atoms with Crippen molar-refractivity contribution in [2.45, 2.75) is 38.8 Å². The average Bonchev–Trinajstić information content (AvgIpc) is 2.39. The molecule has 0 aliphatic carbocycles. The Labute approximate surface area is 113 Å². The van der Waals surface area contributed by atoms with Crippen molar-refractivity contribution in [3.8, 4) is 0 Å². The second kappa shape index (κ2) is 6.02. The summed E-state index contributed by atoms with van der Waals surface area (Å²) in [5.41, 5.74) is 1.05. The van der Waals surface area contributed by atoms with E-state index < -0.39 is 0 Å². The molecule has 2 atom stereocenters. The van der Waals surface area contributed by atoms with Gasteiger partial charge in [0.25, 0.3) is 5.69 Å². The van der Waals surface area contributed by atoms with Gasteiger partial charge in [0, 0.05) is 30.5 Å². The lowest BCUT2D eigenvalue weighted by Crippen LogP contribution is -2.36. The fraction of sp³-hybridized carbons (Fsp3) is 0.571. The maximum Gasteiger partial charge on any atom is 0.269 e. The minimum absolute atomic E-state index is 0.123. The zero-order valence-corrected chi connectivity index (χ0v) is 11.3. The Balaban J connectivity index is 1.95. The lowest BCUT2D eigenvalue weighted by atomic mass is 9.95. The largest absolute Gasteiger partial charge is 0.382 e. The zero-order valence-electron chi connectivity index (χ0n) is 11.3. The Morgan fingerprint density at radius 2 is 2.05 bits per heavy atom. The number of rotatable bonds is 4. The van der Waals surface area contributed by atoms with Gasteiger partial charge in [-0.3, -0.25) is 10.1 Å². The molecule has 1 fully saturated rings. The SMILES string of the molecule is CC(C)C1CC(Nc2ccc([N+](=O)[O-])cc2)CCO1. The van der Waals surface area contributed by atoms with Gasteiger partial charge in [-0.2, -0.15) is 0 Å². The molecule has 1 aliphatic heterocycles. The molecule has 2 unspecified atom stereocenters. The Morgan fingerprint density at radius 1 is 1.37 bits per heavy atom. The summed E-state index contributed by atoms with van der Waals surface area (Å²) in [4.78, 5) is 10.2. The Kier molecular flexibility index (Phi) is 4.37. The molecule has 0 saturated carbocycles. The van der Waals surface area contributed by atoms with Crippen molar-refractivity contribution in [2.75, 3.05) is 11.9 Å². The third-order valence-electron chi connectivity index (χ3n) is 3.51. The fourth-order valence-corrected chi connectivity index (χ4v) is 2.34. The summed E-state index contributed by atoms with van der Waals surface area (Å²) in [6, 6.07) is 6.96. The second-order valence-corrected chi connectivity index (χ2v) is 5.32. The highest BCUT2D eigenvalue weighted by molar-refractivity contribution is 5.49. The number of benzene rings is 1. The number of nitrogens with one attached hydrogen (secondary N) is 1. The lowest BCUT2D eigenvalue weighted by molar-refractivity contribution is -0.384. The third-order valence-corrected chi connectivity index (χ3v) is 3.51. The smallest absolute Gasteiger partial charge is 0.269 e. The molecule has 0 spiro atoms. The number of nitro benzene ring substituents is 1. The standard InChI is InChI=1S/C14H20N2O3/c1-10(2)14-9-12(7-8-19-14)15-11-3-5-13(6-4-11)16(17)18/h3-6,10,12,14-15H,7-9H2,1-2H3. The summed E-state index contributed by atoms with van der Waals surface area (Å²) in [5.74, 6) is 0.515. The van der Waals surface area contributed by atoms with Gasteiger partial charge in [0.2, 0.25) is 0 Å². The first-order valence-corrected chi connectivity index (χ1v) is 6.69. The van der Waals surface area contributed by atoms with Crippen LogP contribution in [-0.2, 0) is 4.74 Å². The number of nitro groups is 1. The van der Waals surface area contributed by atoms with E-state index in [0.29, 0.717) is 18.1 Å². The van der Waals surface area contributed by atoms with Gasteiger partial charge in [-0.05, 0) is 30.9 Å². The minimum atomic E-state index is -0.382. The number of non-ortho nitro benzene ring substituents is 1. The van der Waals surface area contributed by atoms with E-state index in [9.17, 15) is 10.1 Å². The summed E-state index contributed by atoms with van der Waals surface area (Å²) in [7, 11) is 0. The Hall–Kier alpha value is -1.62. The van der Waals surface area contributed by atoms with Crippen LogP contribution in [0.1, 0.15) is 26.7 Å². The van der Waals surface area contributed by atoms with Crippen LogP contribution >= 0.6 is 0 Å². The molecule has 0 amide bonds. The number of hydrogen-bond donors (Lipinski definition) is 1. The number of anilines is 1. The molecule has 5 heteroatoms. The fourth-order valence-electron chi connectivity index (χ4n) is 2.34. The van der Waals surface area contributed by atoms with Gasteiger partial charge in [-0.1, -0.05) is 13.8 Å². The van der Waals surface area contributed by atoms with E-state index >= 15 is 0 Å². The van der Waals surface area contributed by atoms with E-state index in [4.69, 9.17) is 4.74 Å². The monoisotopic (exact) mass is 264 g/mol. The van der Waals surface area contributed by atoms with Crippen LogP contribution in [-0.4, -0.2) is 23.7 Å². The molecule has 19 heavy (non-hydrogen) atoms. The predicted molar refractivity (Wildman–Crippen MR) is 74.3 cm³/mol. The number of ether oxygens (including phenoxy) is 1. The van der Waals surface area contributed by atoms with Gasteiger partial charge in [0.1, 0.15) is 0 Å². The van der Waals surface area contributed by atoms with Crippen LogP contribution in [0.5, 0.6) is 0 Å². The van der Waals surface area contributed by atoms with Crippen LogP contribution < -0.4 is 5.32 Å². The van der Waals surface area contributed by atoms with E-state index in [1.807, 2.05) is 0 Å². The summed E-state index contributed by atoms with van der Waals surface area (Å²) in [5, 5.41) is 14.0. The molecule has 1 aliphatic rings. The molecule has 1 aromatic carbocycles. The van der Waals surface area contributed by atoms with E-state index in [2.05, 4.69) is 19.2 Å². The molecular formula is C14H20N2O3. The molecule has 2 rings (SSSR count). The second-order valence-electron chi connectivity index (χ2n) is 5.32. The van der Waals surface area contributed by atoms with Crippen LogP contribution in [0.4, 0.5) is 11.4 Å². The molecule has 1 heterocycles. The highest BCUT2D eigenvalue weighted by Crippen LogP contribution is 2.24. The van der Waals surface area contributed by atoms with Crippen LogP contribution in [0, 0.1) is 16.0 Å². The molecule has 0 aromatic heterocycles. The van der Waals surface area contributed by atoms with Crippen molar-refractivity contribution >= 4 is 11.4 Å². The highest BCUT2D eigenvalue weighted by atomic mass is 16.6. The van der Waals surface area contributed by atoms with Gasteiger partial charge < -0.3 is 10.1 Å². The maximum atomic E-state index is 10.6. The third kappa shape index (κ3) is 3.67. The van der Waals surface area contributed by atoms with Gasteiger partial charge in [-0.15, -0.1) is 0 Å². The number of nitrogens with zero attached hydrogens (tertiary/aromatic N) is 1. The minimum Gasteiger partial charge on any atom is -0.382 e. The van der Waals surface area contributed by atoms with Crippen molar-refractivity contribution < 1.29 is 9.66 Å². The summed E-state index contributed by atoms with van der Waals surface area (Å²) < 4.78 is 5.73. The van der Waals surface area contributed by atoms with Crippen molar-refractivity contribution in [1.82, 2.24) is 0 Å². The molecule has 104 valence electrons. The van der Waals surface area contributed by atoms with Gasteiger partial charge in [0.05, 0.1) is 11.0 Å². The van der Waals surface area contributed by atoms with E-state index in [1.54, 1.807) is 12.1 Å². The first kappa shape index (κ1) is 13.8. The van der Waals surface area contributed by atoms with Crippen molar-refractivity contribution in [3.05, 3.63) is 34.4 Å². The van der Waals surface area contributed by atoms with Crippen molar-refractivity contribution in [1.29, 1.82) is 0 Å². The predicted octanol–water partition coefficient (Wildman–Crippen LogP) is 3.21. The Bertz CT molecular complexity index is 431. The van der Waals surface area contributed by atoms with Gasteiger partial charge >= 0.3 is 0 Å². The van der Waals surface area contributed by atoms with Gasteiger partial charge in [0.15, 0.2) is 0 Å². The van der Waals surface area contributed by atoms with Crippen LogP contribution in [0.15, 0.2) is 24.3 Å². The maximum absolute atomic E-state index is 10.6. The lowest BCUT2D eigenvalue weighted by Gasteiger charge is -2.32. The first-order chi connectivity index (χ1) is 9.06. The van der Waals surface area contributed by atoms with E-state index in [0.717, 1.165) is 25.1 Å². The molecule has 0 radical (unpaired) electrons. The van der Waals surface area contributed by atoms with Gasteiger partial charge in [-0.25, -0.2) is 0 Å². The topological polar surface area (TPSA) is 64.4 Å². The van der Waals surface area contributed by atoms with Crippen molar-refractivity contribution in [2.24, 2.45) is 5.92 Å². The summed E-state index contributed by atoms with van der Waals surface area (Å²) >= 11 is 0. The van der Waals surface area contributed by atoms with Crippen molar-refractivity contribution in [3.63, 3.8) is 0 Å². The quantitative estimate of drug-likeness (QED) is 0.670. The Morgan fingerprint density at radius 3 is 2.63 bits per heavy atom. The van der Waals surface area contributed by atoms with Crippen LogP contribution in [0.25, 0.3) is 0 Å². The van der Waals surface area contributed by atoms with Crippen LogP contribution in [0.2, 0.25) is 0 Å². The molecule has 1 saturated heterocycles. The summed E-state index contributed by atoms with van der Waals surface area (Å²) in [6.07, 6.45) is 2.25. The number of hydrogen-bond acceptors (Lipinski definition) is 4. The highest BCUT2D eigenvalue weighted by Gasteiger charge is 2.24. The zero-order chi connectivity index (χ0) is 13.8. The normalized spacial score (nSPS) is 23.3. The van der Waals surface area contributed by atoms with E-state index in [-0.39, 0.29) is 10.6 Å². The first-order valence-electron chi connectivity index (χ1n) is 6.69. The summed E-state index contributed by atoms with van der Waals surface area (Å²) in [6.45, 7) is 5.10. The molecular weight excluding hydrogens is 244 g/mol. The molecule has 0 bridgehead atoms. The molecule has 1 N–H and O–H groups in total. The van der Waals surface area contributed by atoms with Crippen LogP contribution in [0.3, 0.4) is 0 Å². The van der Waals surface area contributed by atoms with E-state index in [1.165, 1.54) is 12.1 Å². The molecule has 5 nitrogen and oxygen atoms in total. The molecule has 1 aromatic rings. The average molecular weight is 264 g/mol.